The van der Waals surface area contributed by atoms with E-state index < -0.39 is 0 Å². The van der Waals surface area contributed by atoms with Crippen molar-refractivity contribution < 1.29 is 0 Å². The lowest BCUT2D eigenvalue weighted by atomic mass is 9.75. The van der Waals surface area contributed by atoms with Gasteiger partial charge in [0.15, 0.2) is 0 Å². The van der Waals surface area contributed by atoms with E-state index in [1.165, 1.54) is 64.2 Å². The monoisotopic (exact) mass is 270 g/mol. The predicted octanol–water partition coefficient (Wildman–Crippen LogP) is 4.61. The fraction of sp³-hybridized carbons (Fsp3) is 1.00. The number of rotatable bonds is 13. The molecule has 0 aromatic carbocycles. The van der Waals surface area contributed by atoms with Crippen LogP contribution in [0.15, 0.2) is 0 Å². The second-order valence-electron chi connectivity index (χ2n) is 6.63. The Morgan fingerprint density at radius 2 is 1.32 bits per heavy atom. The lowest BCUT2D eigenvalue weighted by Gasteiger charge is -2.32. The summed E-state index contributed by atoms with van der Waals surface area (Å²) in [7, 11) is 0. The third-order valence-electron chi connectivity index (χ3n) is 4.33. The van der Waals surface area contributed by atoms with Gasteiger partial charge < -0.3 is 11.5 Å². The Balaban J connectivity index is 4.11. The molecule has 0 bridgehead atoms. The van der Waals surface area contributed by atoms with E-state index in [2.05, 4.69) is 20.8 Å². The first-order chi connectivity index (χ1) is 9.08. The van der Waals surface area contributed by atoms with Crippen LogP contribution in [-0.4, -0.2) is 12.6 Å². The van der Waals surface area contributed by atoms with Gasteiger partial charge in [-0.3, -0.25) is 0 Å². The highest BCUT2D eigenvalue weighted by Gasteiger charge is 2.25. The van der Waals surface area contributed by atoms with Crippen molar-refractivity contribution in [3.63, 3.8) is 0 Å². The SMILES string of the molecule is CCCCCCC(C)(CCCCCC)CC(N)CN. The maximum Gasteiger partial charge on any atom is 0.0168 e. The van der Waals surface area contributed by atoms with Crippen LogP contribution in [0.5, 0.6) is 0 Å². The van der Waals surface area contributed by atoms with E-state index in [0.29, 0.717) is 12.0 Å². The van der Waals surface area contributed by atoms with Crippen LogP contribution in [0, 0.1) is 5.41 Å². The molecule has 2 nitrogen and oxygen atoms in total. The van der Waals surface area contributed by atoms with Gasteiger partial charge in [0, 0.05) is 12.6 Å². The minimum Gasteiger partial charge on any atom is -0.329 e. The summed E-state index contributed by atoms with van der Waals surface area (Å²) in [5, 5.41) is 0. The normalized spacial score (nSPS) is 13.7. The number of hydrogen-bond acceptors (Lipinski definition) is 2. The van der Waals surface area contributed by atoms with Crippen LogP contribution in [0.3, 0.4) is 0 Å². The average molecular weight is 271 g/mol. The lowest BCUT2D eigenvalue weighted by Crippen LogP contribution is -2.35. The largest absolute Gasteiger partial charge is 0.329 e. The molecule has 4 N–H and O–H groups in total. The molecule has 1 unspecified atom stereocenters. The lowest BCUT2D eigenvalue weighted by molar-refractivity contribution is 0.215. The van der Waals surface area contributed by atoms with Gasteiger partial charge in [-0.1, -0.05) is 72.1 Å². The molecule has 0 saturated heterocycles. The summed E-state index contributed by atoms with van der Waals surface area (Å²) >= 11 is 0. The molecule has 19 heavy (non-hydrogen) atoms. The van der Waals surface area contributed by atoms with Crippen LogP contribution in [0.25, 0.3) is 0 Å². The standard InChI is InChI=1S/C17H38N2/c1-4-6-8-10-12-17(3,14-16(19)15-18)13-11-9-7-5-2/h16H,4-15,18-19H2,1-3H3. The molecule has 0 rings (SSSR count). The Kier molecular flexibility index (Phi) is 11.7. The quantitative estimate of drug-likeness (QED) is 0.480. The molecule has 2 heteroatoms. The van der Waals surface area contributed by atoms with Crippen molar-refractivity contribution in [1.82, 2.24) is 0 Å². The highest BCUT2D eigenvalue weighted by molar-refractivity contribution is 4.80. The molecule has 1 atom stereocenters. The van der Waals surface area contributed by atoms with Crippen LogP contribution < -0.4 is 11.5 Å². The van der Waals surface area contributed by atoms with Crippen molar-refractivity contribution in [1.29, 1.82) is 0 Å². The molecule has 0 aliphatic carbocycles. The fourth-order valence-corrected chi connectivity index (χ4v) is 3.00. The molecule has 0 saturated carbocycles. The molecular formula is C17H38N2. The summed E-state index contributed by atoms with van der Waals surface area (Å²) in [5.74, 6) is 0. The van der Waals surface area contributed by atoms with Crippen LogP contribution in [0.1, 0.15) is 91.4 Å². The van der Waals surface area contributed by atoms with Crippen molar-refractivity contribution in [2.75, 3.05) is 6.54 Å². The van der Waals surface area contributed by atoms with Gasteiger partial charge in [0.2, 0.25) is 0 Å². The van der Waals surface area contributed by atoms with Crippen LogP contribution >= 0.6 is 0 Å². The molecule has 0 fully saturated rings. The molecule has 0 aromatic heterocycles. The third kappa shape index (κ3) is 10.4. The van der Waals surface area contributed by atoms with E-state index in [-0.39, 0.29) is 6.04 Å². The zero-order valence-electron chi connectivity index (χ0n) is 13.7. The first-order valence-corrected chi connectivity index (χ1v) is 8.53. The minimum atomic E-state index is 0.183. The van der Waals surface area contributed by atoms with Gasteiger partial charge in [-0.15, -0.1) is 0 Å². The summed E-state index contributed by atoms with van der Waals surface area (Å²) in [4.78, 5) is 0. The number of hydrogen-bond donors (Lipinski definition) is 2. The van der Waals surface area contributed by atoms with Crippen LogP contribution in [-0.2, 0) is 0 Å². The van der Waals surface area contributed by atoms with Gasteiger partial charge in [-0.2, -0.15) is 0 Å². The summed E-state index contributed by atoms with van der Waals surface area (Å²) in [5.41, 5.74) is 12.2. The summed E-state index contributed by atoms with van der Waals surface area (Å²) < 4.78 is 0. The van der Waals surface area contributed by atoms with Gasteiger partial charge in [0.05, 0.1) is 0 Å². The fourth-order valence-electron chi connectivity index (χ4n) is 3.00. The summed E-state index contributed by atoms with van der Waals surface area (Å²) in [6, 6.07) is 0.183. The first-order valence-electron chi connectivity index (χ1n) is 8.53. The van der Waals surface area contributed by atoms with Gasteiger partial charge in [-0.25, -0.2) is 0 Å². The van der Waals surface area contributed by atoms with Gasteiger partial charge in [0.1, 0.15) is 0 Å². The van der Waals surface area contributed by atoms with Crippen molar-refractivity contribution in [3.05, 3.63) is 0 Å². The van der Waals surface area contributed by atoms with Gasteiger partial charge in [-0.05, 0) is 24.7 Å². The van der Waals surface area contributed by atoms with Crippen molar-refractivity contribution in [2.24, 2.45) is 16.9 Å². The number of unbranched alkanes of at least 4 members (excludes halogenated alkanes) is 6. The van der Waals surface area contributed by atoms with Crippen molar-refractivity contribution in [3.8, 4) is 0 Å². The van der Waals surface area contributed by atoms with Gasteiger partial charge in [0.25, 0.3) is 0 Å². The van der Waals surface area contributed by atoms with Gasteiger partial charge >= 0.3 is 0 Å². The zero-order chi connectivity index (χ0) is 14.6. The van der Waals surface area contributed by atoms with Crippen molar-refractivity contribution in [2.45, 2.75) is 97.4 Å². The molecule has 0 aliphatic heterocycles. The van der Waals surface area contributed by atoms with E-state index in [1.54, 1.807) is 0 Å². The Labute approximate surface area is 121 Å². The molecule has 0 heterocycles. The Morgan fingerprint density at radius 1 is 0.842 bits per heavy atom. The molecule has 0 aromatic rings. The highest BCUT2D eigenvalue weighted by Crippen LogP contribution is 2.35. The highest BCUT2D eigenvalue weighted by atomic mass is 14.7. The second kappa shape index (κ2) is 11.7. The Hall–Kier alpha value is -0.0800. The molecule has 0 amide bonds. The molecule has 0 radical (unpaired) electrons. The first kappa shape index (κ1) is 18.9. The van der Waals surface area contributed by atoms with E-state index in [4.69, 9.17) is 11.5 Å². The predicted molar refractivity (Wildman–Crippen MR) is 87.3 cm³/mol. The zero-order valence-corrected chi connectivity index (χ0v) is 13.7. The third-order valence-corrected chi connectivity index (χ3v) is 4.33. The molecular weight excluding hydrogens is 232 g/mol. The topological polar surface area (TPSA) is 52.0 Å². The maximum atomic E-state index is 6.09. The van der Waals surface area contributed by atoms with Crippen molar-refractivity contribution >= 4 is 0 Å². The van der Waals surface area contributed by atoms with Crippen LogP contribution in [0.2, 0.25) is 0 Å². The van der Waals surface area contributed by atoms with E-state index in [0.717, 1.165) is 6.42 Å². The van der Waals surface area contributed by atoms with E-state index in [9.17, 15) is 0 Å². The Bertz CT molecular complexity index is 180. The average Bonchev–Trinajstić information content (AvgIpc) is 2.40. The second-order valence-corrected chi connectivity index (χ2v) is 6.63. The molecule has 0 aliphatic rings. The molecule has 116 valence electrons. The molecule has 0 spiro atoms. The smallest absolute Gasteiger partial charge is 0.0168 e. The van der Waals surface area contributed by atoms with E-state index >= 15 is 0 Å². The maximum absolute atomic E-state index is 6.09. The van der Waals surface area contributed by atoms with E-state index in [1.807, 2.05) is 0 Å². The number of nitrogens with two attached hydrogens (primary N) is 2. The van der Waals surface area contributed by atoms with Crippen LogP contribution in [0.4, 0.5) is 0 Å². The summed E-state index contributed by atoms with van der Waals surface area (Å²) in [6.45, 7) is 7.60. The minimum absolute atomic E-state index is 0.183. The summed E-state index contributed by atoms with van der Waals surface area (Å²) in [6.07, 6.45) is 14.6. The Morgan fingerprint density at radius 3 is 1.68 bits per heavy atom.